The third kappa shape index (κ3) is 13.3. The molecule has 1 heterocycles. The zero-order chi connectivity index (χ0) is 28.4. The van der Waals surface area contributed by atoms with Crippen LogP contribution in [0.2, 0.25) is 0 Å². The van der Waals surface area contributed by atoms with Crippen LogP contribution in [-0.2, 0) is 28.7 Å². The van der Waals surface area contributed by atoms with E-state index in [0.29, 0.717) is 12.3 Å². The number of carbonyl (C=O) groups is 4. The molecule has 1 fully saturated rings. The third-order valence-corrected chi connectivity index (χ3v) is 9.52. The van der Waals surface area contributed by atoms with Crippen molar-refractivity contribution in [2.45, 2.75) is 135 Å². The standard InChI is InChI=1S/C27H48N2O6S2/c1-18(2)27(16-17-36-37-27)15-11-10-12-21(30)29-20(13-14-22(31)34-25(4,5)6)23(32)28-19(3)24(33)35-26(7,8)9/h18-20H,10-17H2,1-9H3,(H,28,32)(H,29,30). The molecule has 3 unspecified atom stereocenters. The SMILES string of the molecule is CC(NC(=O)C(CCC(=O)OC(C)(C)C)NC(=O)CCCCC1(C(C)C)CCSS1)C(=O)OC(C)(C)C. The first-order chi connectivity index (χ1) is 16.9. The summed E-state index contributed by atoms with van der Waals surface area (Å²) in [5.41, 5.74) is -1.34. The van der Waals surface area contributed by atoms with Crippen LogP contribution in [0.5, 0.6) is 0 Å². The van der Waals surface area contributed by atoms with Gasteiger partial charge in [-0.05, 0) is 80.1 Å². The molecule has 37 heavy (non-hydrogen) atoms. The van der Waals surface area contributed by atoms with Crippen molar-refractivity contribution in [2.24, 2.45) is 5.92 Å². The first kappa shape index (κ1) is 33.6. The second-order valence-electron chi connectivity index (χ2n) is 12.1. The summed E-state index contributed by atoms with van der Waals surface area (Å²) in [6.07, 6.45) is 4.23. The second-order valence-corrected chi connectivity index (χ2v) is 14.9. The van der Waals surface area contributed by atoms with Gasteiger partial charge in [0.2, 0.25) is 11.8 Å². The van der Waals surface area contributed by atoms with Crippen LogP contribution in [0.15, 0.2) is 0 Å². The highest BCUT2D eigenvalue weighted by atomic mass is 33.1. The smallest absolute Gasteiger partial charge is 0.328 e. The van der Waals surface area contributed by atoms with E-state index in [2.05, 4.69) is 24.5 Å². The topological polar surface area (TPSA) is 111 Å². The summed E-state index contributed by atoms with van der Waals surface area (Å²) in [6.45, 7) is 16.6. The van der Waals surface area contributed by atoms with Crippen molar-refractivity contribution >= 4 is 45.3 Å². The number of carbonyl (C=O) groups excluding carboxylic acids is 4. The van der Waals surface area contributed by atoms with Crippen molar-refractivity contribution in [1.29, 1.82) is 0 Å². The van der Waals surface area contributed by atoms with Gasteiger partial charge in [0.15, 0.2) is 0 Å². The predicted octanol–water partition coefficient (Wildman–Crippen LogP) is 5.18. The van der Waals surface area contributed by atoms with Gasteiger partial charge in [0.05, 0.1) is 0 Å². The molecule has 3 atom stereocenters. The van der Waals surface area contributed by atoms with Gasteiger partial charge < -0.3 is 20.1 Å². The number of ether oxygens (including phenoxy) is 2. The molecule has 0 aromatic carbocycles. The predicted molar refractivity (Wildman–Crippen MR) is 151 cm³/mol. The normalized spacial score (nSPS) is 19.7. The molecule has 0 aromatic rings. The van der Waals surface area contributed by atoms with Crippen molar-refractivity contribution in [1.82, 2.24) is 10.6 Å². The van der Waals surface area contributed by atoms with Crippen LogP contribution >= 0.6 is 21.6 Å². The Bertz CT molecular complexity index is 783. The molecular weight excluding hydrogens is 512 g/mol. The number of unbranched alkanes of at least 4 members (excludes halogenated alkanes) is 1. The summed E-state index contributed by atoms with van der Waals surface area (Å²) in [6, 6.07) is -1.87. The van der Waals surface area contributed by atoms with E-state index in [4.69, 9.17) is 9.47 Å². The Morgan fingerprint density at radius 3 is 2.03 bits per heavy atom. The first-order valence-corrected chi connectivity index (χ1v) is 15.6. The molecule has 1 saturated heterocycles. The average Bonchev–Trinajstić information content (AvgIpc) is 3.22. The van der Waals surface area contributed by atoms with Gasteiger partial charge in [0.1, 0.15) is 23.3 Å². The quantitative estimate of drug-likeness (QED) is 0.180. The lowest BCUT2D eigenvalue weighted by molar-refractivity contribution is -0.159. The highest BCUT2D eigenvalue weighted by molar-refractivity contribution is 8.77. The van der Waals surface area contributed by atoms with Crippen LogP contribution in [0.1, 0.15) is 107 Å². The minimum absolute atomic E-state index is 0.0394. The van der Waals surface area contributed by atoms with Gasteiger partial charge in [0, 0.05) is 23.3 Å². The summed E-state index contributed by atoms with van der Waals surface area (Å²) in [5, 5.41) is 5.38. The van der Waals surface area contributed by atoms with Crippen molar-refractivity contribution in [2.75, 3.05) is 5.75 Å². The van der Waals surface area contributed by atoms with Gasteiger partial charge in [-0.2, -0.15) is 0 Å². The van der Waals surface area contributed by atoms with Crippen LogP contribution < -0.4 is 10.6 Å². The fourth-order valence-corrected chi connectivity index (χ4v) is 7.70. The van der Waals surface area contributed by atoms with Crippen LogP contribution in [0.3, 0.4) is 0 Å². The Morgan fingerprint density at radius 2 is 1.51 bits per heavy atom. The van der Waals surface area contributed by atoms with Crippen molar-refractivity contribution in [3.05, 3.63) is 0 Å². The largest absolute Gasteiger partial charge is 0.460 e. The van der Waals surface area contributed by atoms with Crippen LogP contribution in [-0.4, -0.2) is 57.5 Å². The van der Waals surface area contributed by atoms with Gasteiger partial charge in [-0.1, -0.05) is 41.9 Å². The lowest BCUT2D eigenvalue weighted by Crippen LogP contribution is -2.51. The Morgan fingerprint density at radius 1 is 0.892 bits per heavy atom. The van der Waals surface area contributed by atoms with E-state index < -0.39 is 41.1 Å². The Labute approximate surface area is 231 Å². The van der Waals surface area contributed by atoms with Crippen molar-refractivity contribution in [3.8, 4) is 0 Å². The Hall–Kier alpha value is -1.42. The lowest BCUT2D eigenvalue weighted by Gasteiger charge is -2.31. The third-order valence-electron chi connectivity index (χ3n) is 5.97. The first-order valence-electron chi connectivity index (χ1n) is 13.3. The zero-order valence-electron chi connectivity index (χ0n) is 24.2. The van der Waals surface area contributed by atoms with Crippen LogP contribution in [0, 0.1) is 5.92 Å². The molecule has 0 bridgehead atoms. The zero-order valence-corrected chi connectivity index (χ0v) is 25.8. The monoisotopic (exact) mass is 560 g/mol. The minimum atomic E-state index is -0.964. The molecule has 8 nitrogen and oxygen atoms in total. The molecular formula is C27H48N2O6S2. The molecule has 10 heteroatoms. The molecule has 0 aliphatic carbocycles. The number of amides is 2. The highest BCUT2D eigenvalue weighted by Crippen LogP contribution is 2.53. The molecule has 0 saturated carbocycles. The van der Waals surface area contributed by atoms with Crippen molar-refractivity contribution in [3.63, 3.8) is 0 Å². The van der Waals surface area contributed by atoms with E-state index in [1.54, 1.807) is 41.5 Å². The Balaban J connectivity index is 2.71. The average molecular weight is 561 g/mol. The number of nitrogens with one attached hydrogen (secondary N) is 2. The molecule has 2 amide bonds. The maximum Gasteiger partial charge on any atom is 0.328 e. The summed E-state index contributed by atoms with van der Waals surface area (Å²) < 4.78 is 10.9. The number of rotatable bonds is 13. The molecule has 214 valence electrons. The summed E-state index contributed by atoms with van der Waals surface area (Å²) in [5.74, 6) is -0.0610. The highest BCUT2D eigenvalue weighted by Gasteiger charge is 2.38. The van der Waals surface area contributed by atoms with E-state index in [1.165, 1.54) is 19.1 Å². The van der Waals surface area contributed by atoms with Crippen LogP contribution in [0.25, 0.3) is 0 Å². The second kappa shape index (κ2) is 14.7. The summed E-state index contributed by atoms with van der Waals surface area (Å²) in [4.78, 5) is 50.3. The molecule has 1 rings (SSSR count). The molecule has 0 aromatic heterocycles. The summed E-state index contributed by atoms with van der Waals surface area (Å²) >= 11 is 0. The van der Waals surface area contributed by atoms with E-state index >= 15 is 0 Å². The van der Waals surface area contributed by atoms with E-state index in [9.17, 15) is 19.2 Å². The molecule has 0 spiro atoms. The summed E-state index contributed by atoms with van der Waals surface area (Å²) in [7, 11) is 3.91. The van der Waals surface area contributed by atoms with E-state index in [1.807, 2.05) is 21.6 Å². The number of esters is 2. The van der Waals surface area contributed by atoms with Gasteiger partial charge in [0.25, 0.3) is 0 Å². The van der Waals surface area contributed by atoms with Crippen molar-refractivity contribution < 1.29 is 28.7 Å². The number of hydrogen-bond acceptors (Lipinski definition) is 8. The van der Waals surface area contributed by atoms with Gasteiger partial charge in [-0.15, -0.1) is 0 Å². The molecule has 1 aliphatic heterocycles. The van der Waals surface area contributed by atoms with Gasteiger partial charge >= 0.3 is 11.9 Å². The van der Waals surface area contributed by atoms with Crippen LogP contribution in [0.4, 0.5) is 0 Å². The lowest BCUT2D eigenvalue weighted by atomic mass is 9.87. The Kier molecular flexibility index (Phi) is 13.3. The van der Waals surface area contributed by atoms with E-state index in [0.717, 1.165) is 19.3 Å². The van der Waals surface area contributed by atoms with Gasteiger partial charge in [-0.3, -0.25) is 14.4 Å². The molecule has 2 N–H and O–H groups in total. The number of hydrogen-bond donors (Lipinski definition) is 2. The van der Waals surface area contributed by atoms with E-state index in [-0.39, 0.29) is 23.5 Å². The minimum Gasteiger partial charge on any atom is -0.460 e. The maximum absolute atomic E-state index is 13.0. The van der Waals surface area contributed by atoms with Gasteiger partial charge in [-0.25, -0.2) is 4.79 Å². The molecule has 1 aliphatic rings. The fourth-order valence-electron chi connectivity index (χ4n) is 3.92. The maximum atomic E-state index is 13.0. The fraction of sp³-hybridized carbons (Fsp3) is 0.852. The molecule has 0 radical (unpaired) electrons.